The van der Waals surface area contributed by atoms with Gasteiger partial charge in [0.05, 0.1) is 21.4 Å². The summed E-state index contributed by atoms with van der Waals surface area (Å²) in [6.07, 6.45) is -4.66. The van der Waals surface area contributed by atoms with Crippen LogP contribution in [0.1, 0.15) is 9.67 Å². The lowest BCUT2D eigenvalue weighted by Crippen LogP contribution is -2.34. The normalized spacial score (nSPS) is 21.1. The second-order valence-electron chi connectivity index (χ2n) is 5.97. The molecule has 2 atom stereocenters. The first-order valence-electron chi connectivity index (χ1n) is 7.24. The maximum absolute atomic E-state index is 13.0. The molecule has 1 saturated heterocycles. The van der Waals surface area contributed by atoms with E-state index < -0.39 is 43.0 Å². The lowest BCUT2D eigenvalue weighted by atomic mass is 9.96. The number of halogens is 3. The monoisotopic (exact) mass is 393 g/mol. The molecule has 1 fully saturated rings. The Morgan fingerprint density at radius 2 is 2.00 bits per heavy atom. The van der Waals surface area contributed by atoms with E-state index in [1.165, 1.54) is 11.3 Å². The molecule has 0 spiro atoms. The average Bonchev–Trinajstić information content (AvgIpc) is 3.17. The number of aromatic nitrogens is 1. The van der Waals surface area contributed by atoms with Crippen molar-refractivity contribution in [2.45, 2.75) is 6.18 Å². The molecular weight excluding hydrogens is 379 g/mol. The van der Waals surface area contributed by atoms with Crippen LogP contribution in [0.2, 0.25) is 0 Å². The number of likely N-dealkylation sites (tertiary alicyclic amines) is 1. The highest BCUT2D eigenvalue weighted by molar-refractivity contribution is 7.29. The molecule has 1 N–H and O–H groups in total. The van der Waals surface area contributed by atoms with Crippen LogP contribution in [0, 0.1) is 11.8 Å². The smallest absolute Gasteiger partial charge is 0.394 e. The fourth-order valence-corrected chi connectivity index (χ4v) is 4.83. The third-order valence-electron chi connectivity index (χ3n) is 4.02. The Morgan fingerprint density at radius 3 is 2.48 bits per heavy atom. The number of aliphatic carboxylic acids is 1. The Balaban J connectivity index is 1.83. The molecular formula is C14H14F3N3O3S2. The van der Waals surface area contributed by atoms with E-state index in [2.05, 4.69) is 4.98 Å². The number of nitrogens with zero attached hydrogens (tertiary/aromatic N) is 3. The van der Waals surface area contributed by atoms with Crippen LogP contribution in [0.3, 0.4) is 0 Å². The highest BCUT2D eigenvalue weighted by Gasteiger charge is 2.53. The number of carboxylic acids is 1. The molecule has 3 rings (SSSR count). The number of carbonyl (C=O) groups is 2. The fourth-order valence-electron chi connectivity index (χ4n) is 2.73. The standard InChI is InChI=1S/C14H14F3N3O3S2/c1-19(2)13-18-10-8(25-13)3-9(24-10)11(21)20-4-6(12(22)23)7(5-20)14(15,16)17/h3,6-7H,4-5H2,1-2H3,(H,22,23)/t6-,7-/m1/s1. The molecule has 0 unspecified atom stereocenters. The van der Waals surface area contributed by atoms with Gasteiger partial charge < -0.3 is 14.9 Å². The van der Waals surface area contributed by atoms with Crippen molar-refractivity contribution in [1.82, 2.24) is 9.88 Å². The van der Waals surface area contributed by atoms with E-state index in [4.69, 9.17) is 5.11 Å². The molecule has 136 valence electrons. The largest absolute Gasteiger partial charge is 0.481 e. The quantitative estimate of drug-likeness (QED) is 0.868. The molecule has 0 radical (unpaired) electrons. The van der Waals surface area contributed by atoms with Gasteiger partial charge in [-0.25, -0.2) is 4.98 Å². The molecule has 11 heteroatoms. The molecule has 2 aromatic rings. The Labute approximate surface area is 148 Å². The minimum absolute atomic E-state index is 0.269. The summed E-state index contributed by atoms with van der Waals surface area (Å²) < 4.78 is 39.9. The van der Waals surface area contributed by atoms with Gasteiger partial charge in [0.15, 0.2) is 5.13 Å². The molecule has 1 amide bonds. The van der Waals surface area contributed by atoms with Crippen molar-refractivity contribution in [2.24, 2.45) is 11.8 Å². The number of carboxylic acid groups (broad SMARTS) is 1. The van der Waals surface area contributed by atoms with Crippen LogP contribution in [-0.4, -0.2) is 60.2 Å². The minimum Gasteiger partial charge on any atom is -0.481 e. The van der Waals surface area contributed by atoms with E-state index in [9.17, 15) is 22.8 Å². The first kappa shape index (κ1) is 17.9. The number of thiophene rings is 1. The number of thiazole rings is 1. The van der Waals surface area contributed by atoms with E-state index in [0.29, 0.717) is 4.83 Å². The molecule has 1 aliphatic heterocycles. The van der Waals surface area contributed by atoms with Crippen molar-refractivity contribution < 1.29 is 27.9 Å². The molecule has 2 aromatic heterocycles. The molecule has 0 bridgehead atoms. The topological polar surface area (TPSA) is 73.7 Å². The number of hydrogen-bond acceptors (Lipinski definition) is 6. The van der Waals surface area contributed by atoms with E-state index in [1.54, 1.807) is 6.07 Å². The van der Waals surface area contributed by atoms with Gasteiger partial charge in [-0.3, -0.25) is 9.59 Å². The summed E-state index contributed by atoms with van der Waals surface area (Å²) in [5, 5.41) is 9.80. The molecule has 25 heavy (non-hydrogen) atoms. The summed E-state index contributed by atoms with van der Waals surface area (Å²) in [4.78, 5) is 31.7. The van der Waals surface area contributed by atoms with Gasteiger partial charge in [-0.2, -0.15) is 13.2 Å². The zero-order valence-corrected chi connectivity index (χ0v) is 14.8. The van der Waals surface area contributed by atoms with Crippen molar-refractivity contribution in [3.05, 3.63) is 10.9 Å². The first-order chi connectivity index (χ1) is 11.6. The van der Waals surface area contributed by atoms with Crippen LogP contribution < -0.4 is 4.90 Å². The number of rotatable bonds is 3. The van der Waals surface area contributed by atoms with Crippen LogP contribution in [0.25, 0.3) is 9.53 Å². The van der Waals surface area contributed by atoms with E-state index in [1.807, 2.05) is 19.0 Å². The number of carbonyl (C=O) groups excluding carboxylic acids is 1. The third kappa shape index (κ3) is 3.30. The van der Waals surface area contributed by atoms with E-state index >= 15 is 0 Å². The number of fused-ring (bicyclic) bond motifs is 1. The van der Waals surface area contributed by atoms with Gasteiger partial charge in [0, 0.05) is 27.2 Å². The molecule has 6 nitrogen and oxygen atoms in total. The zero-order chi connectivity index (χ0) is 18.5. The summed E-state index contributed by atoms with van der Waals surface area (Å²) in [6, 6.07) is 1.60. The van der Waals surface area contributed by atoms with Crippen LogP contribution in [0.4, 0.5) is 18.3 Å². The predicted octanol–water partition coefficient (Wildman–Crippen LogP) is 2.76. The van der Waals surface area contributed by atoms with Crippen LogP contribution >= 0.6 is 22.7 Å². The Kier molecular flexibility index (Phi) is 4.40. The predicted molar refractivity (Wildman–Crippen MR) is 88.4 cm³/mol. The summed E-state index contributed by atoms with van der Waals surface area (Å²) in [6.45, 7) is -1.08. The van der Waals surface area contributed by atoms with Gasteiger partial charge in [0.25, 0.3) is 5.91 Å². The van der Waals surface area contributed by atoms with Gasteiger partial charge in [-0.1, -0.05) is 11.3 Å². The first-order valence-corrected chi connectivity index (χ1v) is 8.87. The maximum atomic E-state index is 13.0. The fraction of sp³-hybridized carbons (Fsp3) is 0.500. The van der Waals surface area contributed by atoms with Crippen LogP contribution in [-0.2, 0) is 4.79 Å². The van der Waals surface area contributed by atoms with Gasteiger partial charge in [-0.05, 0) is 6.07 Å². The van der Waals surface area contributed by atoms with Crippen molar-refractivity contribution in [1.29, 1.82) is 0 Å². The van der Waals surface area contributed by atoms with E-state index in [-0.39, 0.29) is 4.88 Å². The van der Waals surface area contributed by atoms with Crippen molar-refractivity contribution in [3.8, 4) is 0 Å². The Morgan fingerprint density at radius 1 is 1.32 bits per heavy atom. The van der Waals surface area contributed by atoms with Crippen LogP contribution in [0.5, 0.6) is 0 Å². The number of amides is 1. The highest BCUT2D eigenvalue weighted by Crippen LogP contribution is 2.39. The zero-order valence-electron chi connectivity index (χ0n) is 13.2. The molecule has 3 heterocycles. The number of hydrogen-bond donors (Lipinski definition) is 1. The Hall–Kier alpha value is -1.88. The lowest BCUT2D eigenvalue weighted by Gasteiger charge is -2.18. The average molecular weight is 393 g/mol. The summed E-state index contributed by atoms with van der Waals surface area (Å²) >= 11 is 2.48. The summed E-state index contributed by atoms with van der Waals surface area (Å²) in [5.41, 5.74) is 0. The lowest BCUT2D eigenvalue weighted by molar-refractivity contribution is -0.187. The Bertz CT molecular complexity index is 799. The van der Waals surface area contributed by atoms with Crippen LogP contribution in [0.15, 0.2) is 6.07 Å². The highest BCUT2D eigenvalue weighted by atomic mass is 32.1. The van der Waals surface area contributed by atoms with Crippen molar-refractivity contribution >= 4 is 49.2 Å². The number of alkyl halides is 3. The second kappa shape index (κ2) is 6.13. The molecule has 1 aliphatic rings. The van der Waals surface area contributed by atoms with Crippen molar-refractivity contribution in [3.63, 3.8) is 0 Å². The van der Waals surface area contributed by atoms with Crippen molar-refractivity contribution in [2.75, 3.05) is 32.1 Å². The molecule has 0 aliphatic carbocycles. The second-order valence-corrected chi connectivity index (χ2v) is 8.01. The molecule has 0 saturated carbocycles. The molecule has 0 aromatic carbocycles. The van der Waals surface area contributed by atoms with Gasteiger partial charge >= 0.3 is 12.1 Å². The SMILES string of the molecule is CN(C)c1nc2sc(C(=O)N3C[C@@H](C(F)(F)F)[C@H](C(=O)O)C3)cc2s1. The minimum atomic E-state index is -4.66. The van der Waals surface area contributed by atoms with Gasteiger partial charge in [0.1, 0.15) is 4.83 Å². The maximum Gasteiger partial charge on any atom is 0.394 e. The third-order valence-corrected chi connectivity index (χ3v) is 6.33. The van der Waals surface area contributed by atoms with Gasteiger partial charge in [-0.15, -0.1) is 11.3 Å². The number of anilines is 1. The summed E-state index contributed by atoms with van der Waals surface area (Å²) in [7, 11) is 3.67. The van der Waals surface area contributed by atoms with Gasteiger partial charge in [0.2, 0.25) is 0 Å². The summed E-state index contributed by atoms with van der Waals surface area (Å²) in [5.74, 6) is -5.81. The van der Waals surface area contributed by atoms with E-state index in [0.717, 1.165) is 26.1 Å².